The van der Waals surface area contributed by atoms with Gasteiger partial charge in [0.1, 0.15) is 0 Å². The van der Waals surface area contributed by atoms with Gasteiger partial charge in [-0.15, -0.1) is 0 Å². The van der Waals surface area contributed by atoms with Crippen molar-refractivity contribution in [2.45, 2.75) is 51.2 Å². The lowest BCUT2D eigenvalue weighted by Crippen LogP contribution is -2.39. The molecule has 3 nitrogen and oxygen atoms in total. The van der Waals surface area contributed by atoms with Crippen LogP contribution in [0.3, 0.4) is 0 Å². The number of H-pyrrole nitrogens is 1. The molecule has 5 heteroatoms. The average molecular weight is 325 g/mol. The van der Waals surface area contributed by atoms with Crippen LogP contribution >= 0.6 is 23.8 Å². The number of nitrogens with one attached hydrogen (secondary N) is 1. The van der Waals surface area contributed by atoms with E-state index in [1.165, 1.54) is 0 Å². The molecule has 1 aliphatic heterocycles. The van der Waals surface area contributed by atoms with Crippen LogP contribution in [0.1, 0.15) is 45.6 Å². The Hall–Kier alpha value is -0.840. The van der Waals surface area contributed by atoms with Crippen LogP contribution in [0.25, 0.3) is 11.0 Å². The van der Waals surface area contributed by atoms with E-state index < -0.39 is 0 Å². The number of hydrogen-bond donors (Lipinski definition) is 1. The highest BCUT2D eigenvalue weighted by Gasteiger charge is 2.35. The van der Waals surface area contributed by atoms with Gasteiger partial charge in [-0.25, -0.2) is 0 Å². The SMILES string of the molecule is CCC1(CC)CC(n2c(=S)[nH]c3ccc(Cl)cc32)CCO1. The van der Waals surface area contributed by atoms with Crippen molar-refractivity contribution in [2.24, 2.45) is 0 Å². The molecule has 1 fully saturated rings. The molecule has 0 radical (unpaired) electrons. The summed E-state index contributed by atoms with van der Waals surface area (Å²) in [5.41, 5.74) is 2.13. The number of benzene rings is 1. The van der Waals surface area contributed by atoms with Crippen molar-refractivity contribution in [3.05, 3.63) is 28.0 Å². The van der Waals surface area contributed by atoms with Crippen molar-refractivity contribution in [3.63, 3.8) is 0 Å². The van der Waals surface area contributed by atoms with E-state index in [2.05, 4.69) is 23.4 Å². The first-order valence-corrected chi connectivity index (χ1v) is 8.41. The minimum atomic E-state index is -0.0140. The number of nitrogens with zero attached hydrogens (tertiary/aromatic N) is 1. The van der Waals surface area contributed by atoms with Gasteiger partial charge in [-0.3, -0.25) is 0 Å². The summed E-state index contributed by atoms with van der Waals surface area (Å²) in [5, 5.41) is 0.745. The Morgan fingerprint density at radius 2 is 2.19 bits per heavy atom. The van der Waals surface area contributed by atoms with Crippen molar-refractivity contribution in [3.8, 4) is 0 Å². The Bertz CT molecular complexity index is 702. The van der Waals surface area contributed by atoms with Gasteiger partial charge >= 0.3 is 0 Å². The summed E-state index contributed by atoms with van der Waals surface area (Å²) in [5.74, 6) is 0. The van der Waals surface area contributed by atoms with Gasteiger partial charge in [0.2, 0.25) is 0 Å². The van der Waals surface area contributed by atoms with Crippen molar-refractivity contribution in [1.82, 2.24) is 9.55 Å². The zero-order valence-electron chi connectivity index (χ0n) is 12.5. The summed E-state index contributed by atoms with van der Waals surface area (Å²) in [4.78, 5) is 3.29. The molecule has 1 N–H and O–H groups in total. The topological polar surface area (TPSA) is 29.9 Å². The molecule has 114 valence electrons. The summed E-state index contributed by atoms with van der Waals surface area (Å²) >= 11 is 11.7. The summed E-state index contributed by atoms with van der Waals surface area (Å²) in [7, 11) is 0. The molecule has 1 aromatic carbocycles. The zero-order chi connectivity index (χ0) is 15.0. The van der Waals surface area contributed by atoms with E-state index in [0.717, 1.165) is 53.1 Å². The van der Waals surface area contributed by atoms with E-state index in [1.807, 2.05) is 18.2 Å². The molecular weight excluding hydrogens is 304 g/mol. The van der Waals surface area contributed by atoms with Gasteiger partial charge in [0, 0.05) is 17.7 Å². The molecule has 21 heavy (non-hydrogen) atoms. The van der Waals surface area contributed by atoms with Crippen LogP contribution in [0, 0.1) is 4.77 Å². The van der Waals surface area contributed by atoms with Crippen LogP contribution in [-0.4, -0.2) is 21.8 Å². The smallest absolute Gasteiger partial charge is 0.178 e. The fourth-order valence-electron chi connectivity index (χ4n) is 3.42. The number of fused-ring (bicyclic) bond motifs is 1. The number of imidazole rings is 1. The number of ether oxygens (including phenoxy) is 1. The van der Waals surface area contributed by atoms with Gasteiger partial charge in [-0.05, 0) is 56.1 Å². The standard InChI is InChI=1S/C16H21ClN2OS/c1-3-16(4-2)10-12(7-8-20-16)19-14-9-11(17)5-6-13(14)18-15(19)21/h5-6,9,12H,3-4,7-8,10H2,1-2H3,(H,18,21). The maximum atomic E-state index is 6.16. The van der Waals surface area contributed by atoms with Crippen molar-refractivity contribution < 1.29 is 4.74 Å². The molecule has 0 saturated carbocycles. The molecule has 1 aromatic heterocycles. The minimum Gasteiger partial charge on any atom is -0.375 e. The van der Waals surface area contributed by atoms with Crippen LogP contribution in [0.2, 0.25) is 5.02 Å². The molecule has 1 saturated heterocycles. The number of aromatic amines is 1. The normalized spacial score (nSPS) is 21.8. The van der Waals surface area contributed by atoms with Crippen molar-refractivity contribution in [2.75, 3.05) is 6.61 Å². The summed E-state index contributed by atoms with van der Waals surface area (Å²) in [6, 6.07) is 6.26. The largest absolute Gasteiger partial charge is 0.375 e. The fourth-order valence-corrected chi connectivity index (χ4v) is 3.95. The predicted molar refractivity (Wildman–Crippen MR) is 89.7 cm³/mol. The molecule has 1 atom stereocenters. The van der Waals surface area contributed by atoms with Gasteiger partial charge < -0.3 is 14.3 Å². The Kier molecular flexibility index (Phi) is 4.12. The molecule has 1 unspecified atom stereocenters. The van der Waals surface area contributed by atoms with Crippen LogP contribution in [0.15, 0.2) is 18.2 Å². The fraction of sp³-hybridized carbons (Fsp3) is 0.562. The van der Waals surface area contributed by atoms with Crippen LogP contribution in [0.5, 0.6) is 0 Å². The van der Waals surface area contributed by atoms with E-state index >= 15 is 0 Å². The van der Waals surface area contributed by atoms with E-state index in [0.29, 0.717) is 6.04 Å². The van der Waals surface area contributed by atoms with Gasteiger partial charge in [0.25, 0.3) is 0 Å². The molecule has 0 bridgehead atoms. The van der Waals surface area contributed by atoms with E-state index in [4.69, 9.17) is 28.6 Å². The molecular formula is C16H21ClN2OS. The summed E-state index contributed by atoms with van der Waals surface area (Å²) in [6.45, 7) is 5.20. The second-order valence-electron chi connectivity index (χ2n) is 5.85. The van der Waals surface area contributed by atoms with Crippen molar-refractivity contribution in [1.29, 1.82) is 0 Å². The lowest BCUT2D eigenvalue weighted by molar-refractivity contribution is -0.0983. The number of halogens is 1. The quantitative estimate of drug-likeness (QED) is 0.780. The van der Waals surface area contributed by atoms with Gasteiger partial charge in [-0.2, -0.15) is 0 Å². The van der Waals surface area contributed by atoms with E-state index in [1.54, 1.807) is 0 Å². The van der Waals surface area contributed by atoms with Crippen LogP contribution in [0.4, 0.5) is 0 Å². The third-order valence-electron chi connectivity index (χ3n) is 4.80. The highest BCUT2D eigenvalue weighted by Crippen LogP contribution is 2.38. The van der Waals surface area contributed by atoms with Gasteiger partial charge in [0.15, 0.2) is 4.77 Å². The number of aromatic nitrogens is 2. The first-order chi connectivity index (χ1) is 10.1. The van der Waals surface area contributed by atoms with Crippen LogP contribution < -0.4 is 0 Å². The summed E-state index contributed by atoms with van der Waals surface area (Å²) < 4.78 is 9.10. The second kappa shape index (κ2) is 5.75. The predicted octanol–water partition coefficient (Wildman–Crippen LogP) is 5.26. The third kappa shape index (κ3) is 2.65. The lowest BCUT2D eigenvalue weighted by Gasteiger charge is -2.40. The Labute approximate surface area is 135 Å². The molecule has 2 heterocycles. The van der Waals surface area contributed by atoms with Crippen LogP contribution in [-0.2, 0) is 4.74 Å². The highest BCUT2D eigenvalue weighted by atomic mass is 35.5. The maximum Gasteiger partial charge on any atom is 0.178 e. The Morgan fingerprint density at radius 1 is 1.43 bits per heavy atom. The zero-order valence-corrected chi connectivity index (χ0v) is 14.1. The molecule has 1 aliphatic rings. The molecule has 0 spiro atoms. The Balaban J connectivity index is 2.05. The number of hydrogen-bond acceptors (Lipinski definition) is 2. The molecule has 3 rings (SSSR count). The number of rotatable bonds is 3. The third-order valence-corrected chi connectivity index (χ3v) is 5.33. The lowest BCUT2D eigenvalue weighted by atomic mass is 9.86. The first-order valence-electron chi connectivity index (χ1n) is 7.62. The van der Waals surface area contributed by atoms with E-state index in [-0.39, 0.29) is 5.60 Å². The monoisotopic (exact) mass is 324 g/mol. The molecule has 0 aliphatic carbocycles. The first kappa shape index (κ1) is 15.1. The summed E-state index contributed by atoms with van der Waals surface area (Å²) in [6.07, 6.45) is 4.08. The molecule has 2 aromatic rings. The van der Waals surface area contributed by atoms with Gasteiger partial charge in [-0.1, -0.05) is 25.4 Å². The maximum absolute atomic E-state index is 6.16. The highest BCUT2D eigenvalue weighted by molar-refractivity contribution is 7.71. The minimum absolute atomic E-state index is 0.0140. The van der Waals surface area contributed by atoms with E-state index in [9.17, 15) is 0 Å². The molecule has 0 amide bonds. The average Bonchev–Trinajstić information content (AvgIpc) is 2.82. The van der Waals surface area contributed by atoms with Gasteiger partial charge in [0.05, 0.1) is 16.6 Å². The second-order valence-corrected chi connectivity index (χ2v) is 6.67. The van der Waals surface area contributed by atoms with Crippen molar-refractivity contribution >= 4 is 34.9 Å². The Morgan fingerprint density at radius 3 is 2.90 bits per heavy atom.